The lowest BCUT2D eigenvalue weighted by molar-refractivity contribution is 0.206. The Bertz CT molecular complexity index is 1470. The second-order valence-electron chi connectivity index (χ2n) is 8.08. The normalized spacial score (nSPS) is 20.9. The second-order valence-corrected chi connectivity index (χ2v) is 8.69. The Morgan fingerprint density at radius 2 is 1.24 bits per heavy atom. The van der Waals surface area contributed by atoms with Crippen molar-refractivity contribution in [2.24, 2.45) is 20.0 Å². The largest absolute Gasteiger partial charge is 0.472 e. The first kappa shape index (κ1) is 20.5. The van der Waals surface area contributed by atoms with E-state index in [2.05, 4.69) is 4.99 Å². The third-order valence-corrected chi connectivity index (χ3v) is 5.60. The maximum atomic E-state index is 6.29. The molecule has 0 N–H and O–H groups in total. The Hall–Kier alpha value is -4.09. The molecule has 6 heteroatoms. The van der Waals surface area contributed by atoms with Crippen molar-refractivity contribution in [1.29, 1.82) is 0 Å². The number of allylic oxidation sites excluding steroid dienone is 11. The van der Waals surface area contributed by atoms with E-state index in [0.717, 1.165) is 51.1 Å². The Kier molecular flexibility index (Phi) is 5.04. The highest BCUT2D eigenvalue weighted by Gasteiger charge is 2.28. The number of fused-ring (bicyclic) bond motifs is 4. The van der Waals surface area contributed by atoms with Crippen LogP contribution in [0.2, 0.25) is 0 Å². The minimum atomic E-state index is -0.534. The number of rotatable bonds is 3. The third kappa shape index (κ3) is 4.02. The van der Waals surface area contributed by atoms with Crippen LogP contribution in [0.5, 0.6) is 0 Å². The number of alkyl halides is 1. The van der Waals surface area contributed by atoms with Gasteiger partial charge in [0, 0.05) is 0 Å². The zero-order valence-corrected chi connectivity index (χ0v) is 19.1. The van der Waals surface area contributed by atoms with Crippen molar-refractivity contribution >= 4 is 40.0 Å². The summed E-state index contributed by atoms with van der Waals surface area (Å²) >= 11 is 6.29. The van der Waals surface area contributed by atoms with Gasteiger partial charge in [0.05, 0.1) is 45.5 Å². The van der Waals surface area contributed by atoms with Gasteiger partial charge in [0.1, 0.15) is 5.70 Å². The number of aliphatic imine (C=N–C) groups is 4. The summed E-state index contributed by atoms with van der Waals surface area (Å²) in [5, 5.41) is 0. The molecule has 0 saturated carbocycles. The predicted octanol–water partition coefficient (Wildman–Crippen LogP) is 6.04. The van der Waals surface area contributed by atoms with Crippen LogP contribution >= 0.6 is 11.6 Å². The molecule has 5 nitrogen and oxygen atoms in total. The van der Waals surface area contributed by atoms with E-state index >= 15 is 0 Å². The predicted molar refractivity (Wildman–Crippen MR) is 139 cm³/mol. The number of ether oxygens (including phenoxy) is 1. The van der Waals surface area contributed by atoms with Crippen molar-refractivity contribution in [2.75, 3.05) is 0 Å². The van der Waals surface area contributed by atoms with Gasteiger partial charge in [-0.3, -0.25) is 0 Å². The molecule has 1 atom stereocenters. The quantitative estimate of drug-likeness (QED) is 0.505. The molecular formula is C28H19ClN4O. The van der Waals surface area contributed by atoms with E-state index in [4.69, 9.17) is 31.3 Å². The molecule has 6 rings (SSSR count). The van der Waals surface area contributed by atoms with Gasteiger partial charge in [0.15, 0.2) is 11.3 Å². The maximum absolute atomic E-state index is 6.29. The van der Waals surface area contributed by atoms with E-state index in [0.29, 0.717) is 11.5 Å². The molecule has 0 radical (unpaired) electrons. The topological polar surface area (TPSA) is 58.7 Å². The number of benzene rings is 1. The fourth-order valence-electron chi connectivity index (χ4n) is 4.10. The van der Waals surface area contributed by atoms with Gasteiger partial charge in [-0.15, -0.1) is 0 Å². The van der Waals surface area contributed by atoms with Crippen LogP contribution in [0.3, 0.4) is 0 Å². The van der Waals surface area contributed by atoms with E-state index in [9.17, 15) is 0 Å². The van der Waals surface area contributed by atoms with Gasteiger partial charge < -0.3 is 4.74 Å². The first-order valence-electron chi connectivity index (χ1n) is 11.0. The SMILES string of the molecule is CC(Cl)OC1=C(c2ccccc2)C2=NC1=CC1=NC(=CC3=NC(=CC4=NC(=C2)C=C4)C=C3)C=C1. The Balaban J connectivity index is 1.57. The van der Waals surface area contributed by atoms with Crippen LogP contribution < -0.4 is 0 Å². The van der Waals surface area contributed by atoms with E-state index in [1.807, 2.05) is 91.1 Å². The Morgan fingerprint density at radius 1 is 0.676 bits per heavy atom. The fraction of sp³-hybridized carbons (Fsp3) is 0.0714. The minimum Gasteiger partial charge on any atom is -0.472 e. The number of halogens is 1. The average Bonchev–Trinajstić information content (AvgIpc) is 3.60. The van der Waals surface area contributed by atoms with Gasteiger partial charge in [-0.1, -0.05) is 41.9 Å². The Labute approximate surface area is 202 Å². The molecule has 1 aromatic carbocycles. The molecule has 8 bridgehead atoms. The average molecular weight is 463 g/mol. The van der Waals surface area contributed by atoms with E-state index < -0.39 is 5.56 Å². The summed E-state index contributed by atoms with van der Waals surface area (Å²) in [4.78, 5) is 19.1. The monoisotopic (exact) mass is 462 g/mol. The molecule has 0 amide bonds. The molecule has 5 heterocycles. The van der Waals surface area contributed by atoms with Gasteiger partial charge >= 0.3 is 0 Å². The van der Waals surface area contributed by atoms with Crippen molar-refractivity contribution in [2.45, 2.75) is 12.5 Å². The summed E-state index contributed by atoms with van der Waals surface area (Å²) in [5.41, 5.74) is 7.70. The van der Waals surface area contributed by atoms with Crippen molar-refractivity contribution < 1.29 is 4.74 Å². The molecule has 1 unspecified atom stereocenters. The van der Waals surface area contributed by atoms with Crippen molar-refractivity contribution in [3.05, 3.63) is 125 Å². The molecule has 0 saturated heterocycles. The Morgan fingerprint density at radius 3 is 1.82 bits per heavy atom. The summed E-state index contributed by atoms with van der Waals surface area (Å²) in [6, 6.07) is 10.0. The van der Waals surface area contributed by atoms with Gasteiger partial charge in [0.25, 0.3) is 0 Å². The van der Waals surface area contributed by atoms with Crippen LogP contribution in [0.25, 0.3) is 5.57 Å². The first-order chi connectivity index (χ1) is 16.6. The first-order valence-corrected chi connectivity index (χ1v) is 11.4. The van der Waals surface area contributed by atoms with Crippen molar-refractivity contribution in [1.82, 2.24) is 0 Å². The van der Waals surface area contributed by atoms with Crippen LogP contribution in [0.4, 0.5) is 0 Å². The smallest absolute Gasteiger partial charge is 0.169 e. The van der Waals surface area contributed by atoms with Gasteiger partial charge in [-0.05, 0) is 73.2 Å². The third-order valence-electron chi connectivity index (χ3n) is 5.51. The van der Waals surface area contributed by atoms with Crippen molar-refractivity contribution in [3.8, 4) is 0 Å². The summed E-state index contributed by atoms with van der Waals surface area (Å²) < 4.78 is 6.11. The van der Waals surface area contributed by atoms with Crippen LogP contribution in [0.15, 0.2) is 140 Å². The lowest BCUT2D eigenvalue weighted by atomic mass is 10.00. The zero-order valence-electron chi connectivity index (χ0n) is 18.3. The summed E-state index contributed by atoms with van der Waals surface area (Å²) in [5.74, 6) is 0.623. The lowest BCUT2D eigenvalue weighted by Gasteiger charge is -2.13. The molecule has 0 spiro atoms. The lowest BCUT2D eigenvalue weighted by Crippen LogP contribution is -2.04. The number of nitrogens with zero attached hydrogens (tertiary/aromatic N) is 4. The molecule has 1 aromatic rings. The molecule has 5 aliphatic rings. The highest BCUT2D eigenvalue weighted by molar-refractivity contribution is 6.33. The molecule has 0 fully saturated rings. The van der Waals surface area contributed by atoms with Crippen LogP contribution in [0.1, 0.15) is 12.5 Å². The van der Waals surface area contributed by atoms with Crippen molar-refractivity contribution in [3.63, 3.8) is 0 Å². The molecule has 34 heavy (non-hydrogen) atoms. The molecule has 0 aliphatic carbocycles. The molecular weight excluding hydrogens is 444 g/mol. The van der Waals surface area contributed by atoms with E-state index in [-0.39, 0.29) is 0 Å². The molecule has 0 aromatic heterocycles. The summed E-state index contributed by atoms with van der Waals surface area (Å²) in [6.45, 7) is 1.79. The highest BCUT2D eigenvalue weighted by Crippen LogP contribution is 2.36. The van der Waals surface area contributed by atoms with E-state index in [1.165, 1.54) is 0 Å². The highest BCUT2D eigenvalue weighted by atomic mass is 35.5. The summed E-state index contributed by atoms with van der Waals surface area (Å²) in [6.07, 6.45) is 19.6. The maximum Gasteiger partial charge on any atom is 0.169 e. The summed E-state index contributed by atoms with van der Waals surface area (Å²) in [7, 11) is 0. The second kappa shape index (κ2) is 8.36. The van der Waals surface area contributed by atoms with E-state index in [1.54, 1.807) is 6.92 Å². The van der Waals surface area contributed by atoms with Crippen LogP contribution in [-0.2, 0) is 4.74 Å². The standard InChI is InChI=1S/C28H19ClN4O/c1-17(29)34-28-26-16-24-12-10-22(32-24)14-20-8-7-19(30-20)13-21-9-11-23(31-21)15-25(33-26)27(28)18-5-3-2-4-6-18/h2-17H,1H3. The fourth-order valence-corrected chi connectivity index (χ4v) is 4.19. The van der Waals surface area contributed by atoms with Crippen LogP contribution in [0, 0.1) is 0 Å². The molecule has 164 valence electrons. The van der Waals surface area contributed by atoms with Crippen LogP contribution in [-0.4, -0.2) is 28.4 Å². The van der Waals surface area contributed by atoms with Gasteiger partial charge in [-0.25, -0.2) is 20.0 Å². The molecule has 5 aliphatic heterocycles. The van der Waals surface area contributed by atoms with Gasteiger partial charge in [-0.2, -0.15) is 0 Å². The zero-order chi connectivity index (χ0) is 23.1. The number of hydrogen-bond donors (Lipinski definition) is 0. The minimum absolute atomic E-state index is 0.534. The van der Waals surface area contributed by atoms with Gasteiger partial charge in [0.2, 0.25) is 0 Å². The number of hydrogen-bond acceptors (Lipinski definition) is 5.